The number of hydrogen-bond donors (Lipinski definition) is 1. The number of aromatic nitrogens is 1. The first-order valence-electron chi connectivity index (χ1n) is 12.8. The largest absolute Gasteiger partial charge is 0.481 e. The summed E-state index contributed by atoms with van der Waals surface area (Å²) in [5.74, 6) is -0.302. The molecule has 0 spiro atoms. The summed E-state index contributed by atoms with van der Waals surface area (Å²) in [5.41, 5.74) is -3.64. The minimum absolute atomic E-state index is 0.0316. The molecular formula is C27H31ClF3N3O3S3. The van der Waals surface area contributed by atoms with E-state index in [2.05, 4.69) is 4.99 Å². The van der Waals surface area contributed by atoms with Crippen molar-refractivity contribution >= 4 is 63.4 Å². The van der Waals surface area contributed by atoms with Gasteiger partial charge in [0.05, 0.1) is 28.4 Å². The third-order valence-electron chi connectivity index (χ3n) is 6.86. The molecule has 13 heteroatoms. The first kappa shape index (κ1) is 31.2. The number of carbonyl (C=O) groups is 2. The molecule has 0 aliphatic carbocycles. The Balaban J connectivity index is 1.44. The third-order valence-corrected chi connectivity index (χ3v) is 10.3. The molecule has 1 aromatic heterocycles. The molecule has 1 aromatic carbocycles. The van der Waals surface area contributed by atoms with Crippen LogP contribution in [0.3, 0.4) is 0 Å². The topological polar surface area (TPSA) is 82.9 Å². The normalized spacial score (nSPS) is 20.6. The highest BCUT2D eigenvalue weighted by molar-refractivity contribution is 8.14. The molecule has 1 saturated heterocycles. The van der Waals surface area contributed by atoms with Crippen molar-refractivity contribution in [2.45, 2.75) is 80.7 Å². The maximum absolute atomic E-state index is 13.2. The molecule has 0 bridgehead atoms. The van der Waals surface area contributed by atoms with Crippen LogP contribution >= 0.6 is 46.5 Å². The van der Waals surface area contributed by atoms with E-state index in [1.54, 1.807) is 17.9 Å². The van der Waals surface area contributed by atoms with Gasteiger partial charge < -0.3 is 10.0 Å². The molecule has 2 aliphatic rings. The fourth-order valence-electron chi connectivity index (χ4n) is 4.76. The lowest BCUT2D eigenvalue weighted by Crippen LogP contribution is -2.38. The number of carbonyl (C=O) groups excluding carboxylic acids is 1. The molecule has 0 radical (unpaired) electrons. The monoisotopic (exact) mass is 633 g/mol. The number of halogens is 4. The zero-order valence-electron chi connectivity index (χ0n) is 22.6. The van der Waals surface area contributed by atoms with Crippen molar-refractivity contribution < 1.29 is 27.9 Å². The maximum Gasteiger partial charge on any atom is 0.446 e. The number of benzene rings is 1. The number of carboxylic acid groups (broad SMARTS) is 1. The van der Waals surface area contributed by atoms with E-state index in [9.17, 15) is 22.8 Å². The Bertz CT molecular complexity index is 1320. The van der Waals surface area contributed by atoms with Gasteiger partial charge >= 0.3 is 11.5 Å². The molecule has 6 nitrogen and oxygen atoms in total. The first-order chi connectivity index (χ1) is 18.5. The number of hydrogen-bond acceptors (Lipinski definition) is 7. The molecule has 1 fully saturated rings. The van der Waals surface area contributed by atoms with Crippen LogP contribution in [0, 0.1) is 0 Å². The standard InChI is InChI=1S/C27H31ClF3N3O3S3/c1-25(2,3)17-9-16(10-18(11-17)40-27(29,30)31)22-23(28)39-24(32-22)15-5-7-34(8-6-15)20(35)12-19-33-26(4,14-38-19)13-21(36)37/h9-11,15H,5-8,12-14H2,1-4H3,(H,36,37). The number of rotatable bonds is 7. The number of thioether (sulfide) groups is 2. The van der Waals surface area contributed by atoms with E-state index in [1.807, 2.05) is 26.8 Å². The molecule has 2 aromatic rings. The summed E-state index contributed by atoms with van der Waals surface area (Å²) in [6, 6.07) is 4.92. The minimum atomic E-state index is -4.41. The van der Waals surface area contributed by atoms with Gasteiger partial charge in [-0.15, -0.1) is 23.1 Å². The van der Waals surface area contributed by atoms with E-state index in [-0.39, 0.29) is 46.7 Å². The number of alkyl halides is 3. The number of carboxylic acids is 1. The Hall–Kier alpha value is -1.76. The molecule has 2 aliphatic heterocycles. The van der Waals surface area contributed by atoms with E-state index in [0.717, 1.165) is 10.6 Å². The predicted octanol–water partition coefficient (Wildman–Crippen LogP) is 7.85. The van der Waals surface area contributed by atoms with Crippen molar-refractivity contribution in [1.82, 2.24) is 9.88 Å². The highest BCUT2D eigenvalue weighted by atomic mass is 35.5. The SMILES string of the molecule is CC1(CC(=O)O)CSC(CC(=O)N2CCC(c3nc(-c4cc(SC(F)(F)F)cc(C(C)(C)C)c4)c(Cl)s3)CC2)=N1. The molecule has 0 saturated carbocycles. The van der Waals surface area contributed by atoms with Crippen LogP contribution in [0.15, 0.2) is 28.1 Å². The number of aliphatic carboxylic acids is 1. The van der Waals surface area contributed by atoms with Crippen molar-refractivity contribution in [3.63, 3.8) is 0 Å². The first-order valence-corrected chi connectivity index (χ1v) is 15.8. The summed E-state index contributed by atoms with van der Waals surface area (Å²) in [4.78, 5) is 35.2. The predicted molar refractivity (Wildman–Crippen MR) is 157 cm³/mol. The second-order valence-electron chi connectivity index (χ2n) is 11.4. The van der Waals surface area contributed by atoms with Crippen LogP contribution in [-0.2, 0) is 15.0 Å². The van der Waals surface area contributed by atoms with Gasteiger partial charge in [0.1, 0.15) is 10.0 Å². The lowest BCUT2D eigenvalue weighted by atomic mass is 9.86. The van der Waals surface area contributed by atoms with E-state index >= 15 is 0 Å². The zero-order chi connectivity index (χ0) is 29.5. The third kappa shape index (κ3) is 7.95. The van der Waals surface area contributed by atoms with Gasteiger partial charge in [-0.2, -0.15) is 13.2 Å². The number of likely N-dealkylation sites (tertiary alicyclic amines) is 1. The highest BCUT2D eigenvalue weighted by Gasteiger charge is 2.35. The van der Waals surface area contributed by atoms with Gasteiger partial charge in [0.2, 0.25) is 5.91 Å². The van der Waals surface area contributed by atoms with Gasteiger partial charge in [0, 0.05) is 35.2 Å². The number of amides is 1. The van der Waals surface area contributed by atoms with Gasteiger partial charge in [-0.1, -0.05) is 32.4 Å². The van der Waals surface area contributed by atoms with Crippen LogP contribution in [-0.4, -0.2) is 61.8 Å². The summed E-state index contributed by atoms with van der Waals surface area (Å²) < 4.78 is 40.0. The van der Waals surface area contributed by atoms with Crippen LogP contribution in [0.25, 0.3) is 11.3 Å². The van der Waals surface area contributed by atoms with Gasteiger partial charge in [-0.25, -0.2) is 4.98 Å². The molecule has 1 atom stereocenters. The van der Waals surface area contributed by atoms with Gasteiger partial charge in [-0.05, 0) is 60.7 Å². The Morgan fingerprint density at radius 1 is 1.20 bits per heavy atom. The van der Waals surface area contributed by atoms with Crippen LogP contribution in [0.1, 0.15) is 69.9 Å². The van der Waals surface area contributed by atoms with Crippen molar-refractivity contribution in [1.29, 1.82) is 0 Å². The molecule has 218 valence electrons. The Kier molecular flexibility index (Phi) is 9.24. The Morgan fingerprint density at radius 3 is 2.48 bits per heavy atom. The zero-order valence-corrected chi connectivity index (χ0v) is 25.8. The molecular weight excluding hydrogens is 603 g/mol. The summed E-state index contributed by atoms with van der Waals surface area (Å²) in [6.07, 6.45) is 1.50. The fourth-order valence-corrected chi connectivity index (χ4v) is 7.92. The summed E-state index contributed by atoms with van der Waals surface area (Å²) >= 11 is 9.23. The van der Waals surface area contributed by atoms with Crippen molar-refractivity contribution in [3.05, 3.63) is 33.1 Å². The molecule has 40 heavy (non-hydrogen) atoms. The summed E-state index contributed by atoms with van der Waals surface area (Å²) in [6.45, 7) is 8.73. The van der Waals surface area contributed by atoms with Crippen LogP contribution in [0.4, 0.5) is 13.2 Å². The smallest absolute Gasteiger partial charge is 0.446 e. The second-order valence-corrected chi connectivity index (χ2v) is 15.2. The number of nitrogens with zero attached hydrogens (tertiary/aromatic N) is 3. The van der Waals surface area contributed by atoms with Crippen LogP contribution < -0.4 is 0 Å². The fraction of sp³-hybridized carbons (Fsp3) is 0.556. The van der Waals surface area contributed by atoms with Gasteiger partial charge in [-0.3, -0.25) is 14.6 Å². The second kappa shape index (κ2) is 11.9. The van der Waals surface area contributed by atoms with E-state index in [0.29, 0.717) is 52.3 Å². The molecule has 4 rings (SSSR count). The molecule has 3 heterocycles. The Morgan fingerprint density at radius 2 is 1.88 bits per heavy atom. The van der Waals surface area contributed by atoms with Crippen LogP contribution in [0.2, 0.25) is 4.34 Å². The van der Waals surface area contributed by atoms with E-state index in [1.165, 1.54) is 29.2 Å². The number of aliphatic imine (C=N–C) groups is 1. The highest BCUT2D eigenvalue weighted by Crippen LogP contribution is 2.44. The minimum Gasteiger partial charge on any atom is -0.481 e. The van der Waals surface area contributed by atoms with Crippen molar-refractivity contribution in [3.8, 4) is 11.3 Å². The van der Waals surface area contributed by atoms with E-state index < -0.39 is 17.0 Å². The van der Waals surface area contributed by atoms with E-state index in [4.69, 9.17) is 21.7 Å². The average Bonchev–Trinajstić information content (AvgIpc) is 3.39. The molecule has 1 unspecified atom stereocenters. The van der Waals surface area contributed by atoms with Crippen molar-refractivity contribution in [2.24, 2.45) is 4.99 Å². The molecule has 1 amide bonds. The number of piperidine rings is 1. The van der Waals surface area contributed by atoms with Gasteiger partial charge in [0.15, 0.2) is 0 Å². The summed E-state index contributed by atoms with van der Waals surface area (Å²) in [7, 11) is 0. The Labute approximate surface area is 249 Å². The van der Waals surface area contributed by atoms with Crippen LogP contribution in [0.5, 0.6) is 0 Å². The molecule has 1 N–H and O–H groups in total. The quantitative estimate of drug-likeness (QED) is 0.313. The number of thiazole rings is 1. The lowest BCUT2D eigenvalue weighted by molar-refractivity contribution is -0.138. The lowest BCUT2D eigenvalue weighted by Gasteiger charge is -2.31. The average molecular weight is 634 g/mol. The van der Waals surface area contributed by atoms with Gasteiger partial charge in [0.25, 0.3) is 0 Å². The maximum atomic E-state index is 13.2. The van der Waals surface area contributed by atoms with Crippen molar-refractivity contribution in [2.75, 3.05) is 18.8 Å². The summed E-state index contributed by atoms with van der Waals surface area (Å²) in [5, 5.41) is 10.6.